The van der Waals surface area contributed by atoms with E-state index in [0.717, 1.165) is 0 Å². The van der Waals surface area contributed by atoms with Gasteiger partial charge in [-0.2, -0.15) is 0 Å². The van der Waals surface area contributed by atoms with Gasteiger partial charge in [0.15, 0.2) is 0 Å². The van der Waals surface area contributed by atoms with Crippen molar-refractivity contribution in [2.75, 3.05) is 0 Å². The average Bonchev–Trinajstić information content (AvgIpc) is 2.31. The van der Waals surface area contributed by atoms with Gasteiger partial charge >= 0.3 is 0 Å². The molecule has 0 spiro atoms. The Hall–Kier alpha value is -1.27. The van der Waals surface area contributed by atoms with Crippen LogP contribution in [0, 0.1) is 34.6 Å². The van der Waals surface area contributed by atoms with Crippen LogP contribution in [-0.2, 0) is 0 Å². The van der Waals surface area contributed by atoms with E-state index >= 15 is 0 Å². The molecule has 100 valence electrons. The first-order chi connectivity index (χ1) is 8.90. The molecule has 0 heterocycles. The molecule has 0 nitrogen and oxygen atoms in total. The van der Waals surface area contributed by atoms with Gasteiger partial charge in [-0.15, -0.1) is 11.6 Å². The quantitative estimate of drug-likeness (QED) is 0.628. The Morgan fingerprint density at radius 3 is 1.84 bits per heavy atom. The lowest BCUT2D eigenvalue weighted by Crippen LogP contribution is -2.01. The maximum atomic E-state index is 6.72. The fraction of sp³-hybridized carbons (Fsp3) is 0.333. The van der Waals surface area contributed by atoms with E-state index in [9.17, 15) is 0 Å². The van der Waals surface area contributed by atoms with Crippen LogP contribution >= 0.6 is 11.6 Å². The van der Waals surface area contributed by atoms with Gasteiger partial charge < -0.3 is 0 Å². The molecule has 1 atom stereocenters. The molecule has 0 N–H and O–H groups in total. The summed E-state index contributed by atoms with van der Waals surface area (Å²) >= 11 is 6.72. The number of aryl methyl sites for hydroxylation is 5. The summed E-state index contributed by atoms with van der Waals surface area (Å²) in [5.74, 6) is 0. The Morgan fingerprint density at radius 1 is 0.737 bits per heavy atom. The molecule has 1 unspecified atom stereocenters. The fourth-order valence-corrected chi connectivity index (χ4v) is 3.16. The maximum Gasteiger partial charge on any atom is 0.0840 e. The predicted octanol–water partition coefficient (Wildman–Crippen LogP) is 5.56. The molecular formula is C18H21Cl. The highest BCUT2D eigenvalue weighted by atomic mass is 35.5. The molecule has 0 amide bonds. The van der Waals surface area contributed by atoms with E-state index in [2.05, 4.69) is 65.0 Å². The topological polar surface area (TPSA) is 0 Å². The molecule has 0 bridgehead atoms. The van der Waals surface area contributed by atoms with Crippen molar-refractivity contribution in [1.82, 2.24) is 0 Å². The van der Waals surface area contributed by atoms with Crippen molar-refractivity contribution in [2.24, 2.45) is 0 Å². The summed E-state index contributed by atoms with van der Waals surface area (Å²) in [5.41, 5.74) is 8.88. The molecule has 0 saturated heterocycles. The van der Waals surface area contributed by atoms with E-state index in [4.69, 9.17) is 11.6 Å². The van der Waals surface area contributed by atoms with Crippen molar-refractivity contribution < 1.29 is 0 Å². The highest BCUT2D eigenvalue weighted by molar-refractivity contribution is 6.22. The monoisotopic (exact) mass is 272 g/mol. The van der Waals surface area contributed by atoms with Crippen molar-refractivity contribution in [3.63, 3.8) is 0 Å². The summed E-state index contributed by atoms with van der Waals surface area (Å²) in [6.07, 6.45) is 0. The number of halogens is 1. The molecule has 0 radical (unpaired) electrons. The minimum absolute atomic E-state index is 0.0695. The van der Waals surface area contributed by atoms with E-state index in [0.29, 0.717) is 0 Å². The number of rotatable bonds is 2. The Morgan fingerprint density at radius 2 is 1.32 bits per heavy atom. The molecule has 0 fully saturated rings. The number of benzene rings is 2. The van der Waals surface area contributed by atoms with Crippen molar-refractivity contribution in [3.8, 4) is 0 Å². The van der Waals surface area contributed by atoms with Crippen molar-refractivity contribution in [1.29, 1.82) is 0 Å². The zero-order valence-electron chi connectivity index (χ0n) is 12.3. The Labute approximate surface area is 121 Å². The third-order valence-electron chi connectivity index (χ3n) is 3.82. The Bertz CT molecular complexity index is 588. The third-order valence-corrected chi connectivity index (χ3v) is 4.29. The van der Waals surface area contributed by atoms with Gasteiger partial charge in [-0.1, -0.05) is 35.9 Å². The smallest absolute Gasteiger partial charge is 0.0840 e. The summed E-state index contributed by atoms with van der Waals surface area (Å²) < 4.78 is 0. The van der Waals surface area contributed by atoms with Gasteiger partial charge in [0.2, 0.25) is 0 Å². The fourth-order valence-electron chi connectivity index (χ4n) is 2.68. The number of hydrogen-bond donors (Lipinski definition) is 0. The molecule has 2 aromatic carbocycles. The van der Waals surface area contributed by atoms with Gasteiger partial charge in [0.05, 0.1) is 5.38 Å². The molecule has 2 aromatic rings. The zero-order valence-corrected chi connectivity index (χ0v) is 13.1. The van der Waals surface area contributed by atoms with Gasteiger partial charge in [-0.25, -0.2) is 0 Å². The normalized spacial score (nSPS) is 12.5. The van der Waals surface area contributed by atoms with Gasteiger partial charge in [-0.3, -0.25) is 0 Å². The largest absolute Gasteiger partial charge is 0.113 e. The van der Waals surface area contributed by atoms with Gasteiger partial charge in [-0.05, 0) is 68.0 Å². The van der Waals surface area contributed by atoms with Crippen LogP contribution in [0.4, 0.5) is 0 Å². The summed E-state index contributed by atoms with van der Waals surface area (Å²) in [6, 6.07) is 10.9. The van der Waals surface area contributed by atoms with Crippen LogP contribution in [0.5, 0.6) is 0 Å². The van der Waals surface area contributed by atoms with Crippen LogP contribution < -0.4 is 0 Å². The molecule has 19 heavy (non-hydrogen) atoms. The lowest BCUT2D eigenvalue weighted by molar-refractivity contribution is 1.07. The molecular weight excluding hydrogens is 252 g/mol. The van der Waals surface area contributed by atoms with Crippen molar-refractivity contribution in [2.45, 2.75) is 40.0 Å². The summed E-state index contributed by atoms with van der Waals surface area (Å²) in [6.45, 7) is 10.7. The first kappa shape index (κ1) is 14.1. The maximum absolute atomic E-state index is 6.72. The highest BCUT2D eigenvalue weighted by Gasteiger charge is 2.16. The average molecular weight is 273 g/mol. The summed E-state index contributed by atoms with van der Waals surface area (Å²) in [4.78, 5) is 0. The minimum atomic E-state index is -0.0695. The molecule has 2 rings (SSSR count). The lowest BCUT2D eigenvalue weighted by Gasteiger charge is -2.18. The zero-order chi connectivity index (χ0) is 14.2. The third kappa shape index (κ3) is 2.84. The van der Waals surface area contributed by atoms with E-state index in [1.807, 2.05) is 0 Å². The molecule has 0 saturated carbocycles. The highest BCUT2D eigenvalue weighted by Crippen LogP contribution is 2.34. The Balaban J connectivity index is 2.49. The van der Waals surface area contributed by atoms with Crippen LogP contribution in [0.15, 0.2) is 30.3 Å². The second kappa shape index (κ2) is 5.38. The van der Waals surface area contributed by atoms with Crippen LogP contribution in [-0.4, -0.2) is 0 Å². The van der Waals surface area contributed by atoms with Gasteiger partial charge in [0, 0.05) is 0 Å². The number of hydrogen-bond acceptors (Lipinski definition) is 0. The van der Waals surface area contributed by atoms with Gasteiger partial charge in [0.1, 0.15) is 0 Å². The Kier molecular flexibility index (Phi) is 4.01. The number of alkyl halides is 1. The standard InChI is InChI=1S/C18H21Cl/c1-11-8-14(4)17(15(5)9-11)18(19)16-7-6-12(2)13(3)10-16/h6-10,18H,1-5H3. The van der Waals surface area contributed by atoms with Crippen LogP contribution in [0.2, 0.25) is 0 Å². The van der Waals surface area contributed by atoms with Crippen LogP contribution in [0.1, 0.15) is 44.3 Å². The molecule has 0 aliphatic heterocycles. The molecule has 1 heteroatoms. The predicted molar refractivity (Wildman–Crippen MR) is 84.3 cm³/mol. The second-order valence-corrected chi connectivity index (χ2v) is 5.96. The molecule has 0 aliphatic rings. The van der Waals surface area contributed by atoms with Crippen molar-refractivity contribution >= 4 is 11.6 Å². The summed E-state index contributed by atoms with van der Waals surface area (Å²) in [5, 5.41) is -0.0695. The SMILES string of the molecule is Cc1cc(C)c(C(Cl)c2ccc(C)c(C)c2)c(C)c1. The molecule has 0 aliphatic carbocycles. The first-order valence-corrected chi connectivity index (χ1v) is 7.12. The van der Waals surface area contributed by atoms with Crippen LogP contribution in [0.3, 0.4) is 0 Å². The second-order valence-electron chi connectivity index (χ2n) is 5.52. The van der Waals surface area contributed by atoms with E-state index in [1.165, 1.54) is 38.9 Å². The van der Waals surface area contributed by atoms with E-state index in [-0.39, 0.29) is 5.38 Å². The van der Waals surface area contributed by atoms with Gasteiger partial charge in [0.25, 0.3) is 0 Å². The summed E-state index contributed by atoms with van der Waals surface area (Å²) in [7, 11) is 0. The lowest BCUT2D eigenvalue weighted by atomic mass is 9.92. The van der Waals surface area contributed by atoms with E-state index in [1.54, 1.807) is 0 Å². The van der Waals surface area contributed by atoms with E-state index < -0.39 is 0 Å². The van der Waals surface area contributed by atoms with Crippen LogP contribution in [0.25, 0.3) is 0 Å². The molecule has 0 aromatic heterocycles. The first-order valence-electron chi connectivity index (χ1n) is 6.69. The van der Waals surface area contributed by atoms with Crippen molar-refractivity contribution in [3.05, 3.63) is 69.3 Å². The minimum Gasteiger partial charge on any atom is -0.113 e.